The first-order valence-corrected chi connectivity index (χ1v) is 10.3. The first kappa shape index (κ1) is 19.2. The number of nitrogens with zero attached hydrogens (tertiary/aromatic N) is 3. The van der Waals surface area contributed by atoms with Gasteiger partial charge in [-0.1, -0.05) is 11.8 Å². The van der Waals surface area contributed by atoms with Crippen molar-refractivity contribution in [1.29, 1.82) is 0 Å². The largest absolute Gasteiger partial charge is 0.444 e. The summed E-state index contributed by atoms with van der Waals surface area (Å²) in [6, 6.07) is 0.408. The number of hydrogen-bond donors (Lipinski definition) is 2. The molecule has 1 amide bonds. The number of carbonyl (C=O) groups excluding carboxylic acids is 1. The molecule has 1 spiro atoms. The van der Waals surface area contributed by atoms with Crippen LogP contribution in [0.15, 0.2) is 11.4 Å². The van der Waals surface area contributed by atoms with E-state index in [9.17, 15) is 4.79 Å². The molecule has 3 rings (SSSR count). The summed E-state index contributed by atoms with van der Waals surface area (Å²) in [7, 11) is 1.88. The van der Waals surface area contributed by atoms with Gasteiger partial charge in [0, 0.05) is 37.9 Å². The topological polar surface area (TPSA) is 79.4 Å². The van der Waals surface area contributed by atoms with Gasteiger partial charge in [0.15, 0.2) is 5.16 Å². The quantitative estimate of drug-likeness (QED) is 0.601. The summed E-state index contributed by atoms with van der Waals surface area (Å²) in [5.74, 6) is 0.866. The van der Waals surface area contributed by atoms with Crippen molar-refractivity contribution in [3.8, 4) is 0 Å². The van der Waals surface area contributed by atoms with Crippen LogP contribution in [0, 0.1) is 0 Å². The van der Waals surface area contributed by atoms with E-state index < -0.39 is 5.60 Å². The Hall–Kier alpha value is -1.54. The molecule has 0 unspecified atom stereocenters. The number of likely N-dealkylation sites (tertiary alicyclic amines) is 1. The highest BCUT2D eigenvalue weighted by atomic mass is 32.2. The highest BCUT2D eigenvalue weighted by Gasteiger charge is 2.56. The second kappa shape index (κ2) is 7.23. The number of aromatic nitrogens is 2. The first-order chi connectivity index (χ1) is 12.3. The smallest absolute Gasteiger partial charge is 0.410 e. The molecule has 0 atom stereocenters. The molecule has 0 bridgehead atoms. The van der Waals surface area contributed by atoms with E-state index in [2.05, 4.69) is 20.6 Å². The minimum absolute atomic E-state index is 0.00500. The lowest BCUT2D eigenvalue weighted by atomic mass is 9.65. The third-order valence-electron chi connectivity index (χ3n) is 5.08. The predicted molar refractivity (Wildman–Crippen MR) is 104 cm³/mol. The van der Waals surface area contributed by atoms with Gasteiger partial charge in [-0.2, -0.15) is 0 Å². The maximum Gasteiger partial charge on any atom is 0.410 e. The van der Waals surface area contributed by atoms with Crippen LogP contribution in [-0.2, 0) is 11.3 Å². The second-order valence-corrected chi connectivity index (χ2v) is 8.85. The molecule has 2 heterocycles. The first-order valence-electron chi connectivity index (χ1n) is 9.08. The van der Waals surface area contributed by atoms with Crippen molar-refractivity contribution >= 4 is 23.7 Å². The zero-order chi connectivity index (χ0) is 18.9. The number of nitrogens with one attached hydrogen (secondary N) is 2. The Morgan fingerprint density at radius 3 is 2.73 bits per heavy atom. The molecule has 1 aromatic heterocycles. The third-order valence-corrected chi connectivity index (χ3v) is 5.64. The average molecular weight is 380 g/mol. The van der Waals surface area contributed by atoms with Crippen LogP contribution in [0.25, 0.3) is 0 Å². The van der Waals surface area contributed by atoms with Crippen molar-refractivity contribution in [2.75, 3.05) is 25.2 Å². The monoisotopic (exact) mass is 379 g/mol. The number of thioether (sulfide) groups is 1. The van der Waals surface area contributed by atoms with Crippen LogP contribution in [-0.4, -0.2) is 58.0 Å². The molecule has 1 saturated heterocycles. The number of carbonyl (C=O) groups is 1. The van der Waals surface area contributed by atoms with E-state index in [1.54, 1.807) is 0 Å². The minimum Gasteiger partial charge on any atom is -0.444 e. The van der Waals surface area contributed by atoms with Crippen molar-refractivity contribution in [1.82, 2.24) is 20.2 Å². The van der Waals surface area contributed by atoms with Gasteiger partial charge in [0.05, 0.1) is 5.54 Å². The van der Waals surface area contributed by atoms with Crippen molar-refractivity contribution in [2.45, 2.75) is 68.9 Å². The molecule has 1 aliphatic heterocycles. The number of anilines is 1. The molecule has 2 N–H and O–H groups in total. The van der Waals surface area contributed by atoms with Gasteiger partial charge in [0.25, 0.3) is 0 Å². The van der Waals surface area contributed by atoms with E-state index in [0.29, 0.717) is 6.04 Å². The van der Waals surface area contributed by atoms with Gasteiger partial charge >= 0.3 is 6.09 Å². The van der Waals surface area contributed by atoms with Crippen LogP contribution in [0.1, 0.15) is 45.6 Å². The lowest BCUT2D eigenvalue weighted by Crippen LogP contribution is -2.71. The number of amides is 1. The van der Waals surface area contributed by atoms with E-state index in [-0.39, 0.29) is 11.6 Å². The average Bonchev–Trinajstić information content (AvgIpc) is 2.50. The summed E-state index contributed by atoms with van der Waals surface area (Å²) in [6.45, 7) is 7.25. The van der Waals surface area contributed by atoms with E-state index in [0.717, 1.165) is 48.9 Å². The Morgan fingerprint density at radius 2 is 2.19 bits per heavy atom. The highest BCUT2D eigenvalue weighted by molar-refractivity contribution is 7.98. The molecule has 2 fully saturated rings. The summed E-state index contributed by atoms with van der Waals surface area (Å²) in [5.41, 5.74) is 0.621. The van der Waals surface area contributed by atoms with Gasteiger partial charge in [0.1, 0.15) is 11.4 Å². The summed E-state index contributed by atoms with van der Waals surface area (Å²) in [5, 5.41) is 7.48. The predicted octanol–water partition coefficient (Wildman–Crippen LogP) is 2.87. The lowest BCUT2D eigenvalue weighted by Gasteiger charge is -2.61. The van der Waals surface area contributed by atoms with E-state index >= 15 is 0 Å². The molecule has 2 aliphatic rings. The third kappa shape index (κ3) is 3.91. The molecule has 0 aromatic carbocycles. The van der Waals surface area contributed by atoms with E-state index in [1.807, 2.05) is 45.2 Å². The Balaban J connectivity index is 1.51. The molecular weight excluding hydrogens is 350 g/mol. The SMILES string of the molecule is CNc1nc(SC)ncc1CNC1CC2(CCN2C(=O)OC(C)(C)C)C1. The Bertz CT molecular complexity index is 670. The van der Waals surface area contributed by atoms with Gasteiger partial charge in [0.2, 0.25) is 0 Å². The van der Waals surface area contributed by atoms with Crippen LogP contribution >= 0.6 is 11.8 Å². The zero-order valence-corrected chi connectivity index (χ0v) is 17.1. The van der Waals surface area contributed by atoms with Crippen molar-refractivity contribution in [3.63, 3.8) is 0 Å². The summed E-state index contributed by atoms with van der Waals surface area (Å²) in [6.07, 6.45) is 6.69. The molecular formula is C18H29N5O2S. The molecule has 1 aromatic rings. The molecule has 26 heavy (non-hydrogen) atoms. The van der Waals surface area contributed by atoms with E-state index in [1.165, 1.54) is 11.8 Å². The molecule has 1 saturated carbocycles. The fraction of sp³-hybridized carbons (Fsp3) is 0.722. The van der Waals surface area contributed by atoms with Crippen LogP contribution in [0.4, 0.5) is 10.6 Å². The van der Waals surface area contributed by atoms with Gasteiger partial charge in [-0.05, 0) is 46.3 Å². The van der Waals surface area contributed by atoms with Crippen LogP contribution in [0.2, 0.25) is 0 Å². The number of ether oxygens (including phenoxy) is 1. The normalized spacial score (nSPS) is 24.8. The van der Waals surface area contributed by atoms with Crippen molar-refractivity contribution in [2.24, 2.45) is 0 Å². The molecule has 7 nitrogen and oxygen atoms in total. The van der Waals surface area contributed by atoms with Crippen LogP contribution < -0.4 is 10.6 Å². The maximum absolute atomic E-state index is 12.3. The standard InChI is InChI=1S/C18H29N5O2S/c1-17(2,3)25-16(24)23-7-6-18(23)8-13(9-18)20-10-12-11-21-15(26-5)22-14(12)19-4/h11,13,20H,6-10H2,1-5H3,(H,19,21,22). The van der Waals surface area contributed by atoms with Crippen LogP contribution in [0.3, 0.4) is 0 Å². The van der Waals surface area contributed by atoms with Crippen molar-refractivity contribution < 1.29 is 9.53 Å². The summed E-state index contributed by atoms with van der Waals surface area (Å²) < 4.78 is 5.53. The summed E-state index contributed by atoms with van der Waals surface area (Å²) in [4.78, 5) is 23.1. The fourth-order valence-corrected chi connectivity index (χ4v) is 4.00. The highest BCUT2D eigenvalue weighted by Crippen LogP contribution is 2.47. The maximum atomic E-state index is 12.3. The van der Waals surface area contributed by atoms with Crippen molar-refractivity contribution in [3.05, 3.63) is 11.8 Å². The van der Waals surface area contributed by atoms with Gasteiger partial charge in [-0.3, -0.25) is 0 Å². The lowest BCUT2D eigenvalue weighted by molar-refractivity contribution is -0.0919. The van der Waals surface area contributed by atoms with Gasteiger partial charge in [-0.25, -0.2) is 14.8 Å². The van der Waals surface area contributed by atoms with E-state index in [4.69, 9.17) is 4.74 Å². The number of hydrogen-bond acceptors (Lipinski definition) is 7. The van der Waals surface area contributed by atoms with Crippen LogP contribution in [0.5, 0.6) is 0 Å². The van der Waals surface area contributed by atoms with Gasteiger partial charge < -0.3 is 20.3 Å². The second-order valence-electron chi connectivity index (χ2n) is 8.07. The molecule has 0 radical (unpaired) electrons. The fourth-order valence-electron chi connectivity index (χ4n) is 3.66. The minimum atomic E-state index is -0.443. The van der Waals surface area contributed by atoms with Gasteiger partial charge in [-0.15, -0.1) is 0 Å². The summed E-state index contributed by atoms with van der Waals surface area (Å²) >= 11 is 1.53. The molecule has 8 heteroatoms. The molecule has 1 aliphatic carbocycles. The zero-order valence-electron chi connectivity index (χ0n) is 16.3. The molecule has 144 valence electrons. The Labute approximate surface area is 159 Å². The Kier molecular flexibility index (Phi) is 5.35. The number of rotatable bonds is 5. The Morgan fingerprint density at radius 1 is 1.46 bits per heavy atom.